The number of hydrogen-bond donors (Lipinski definition) is 4. The summed E-state index contributed by atoms with van der Waals surface area (Å²) in [6.07, 6.45) is -0.0200. The Kier molecular flexibility index (Phi) is 5.56. The predicted octanol–water partition coefficient (Wildman–Crippen LogP) is 1.32. The summed E-state index contributed by atoms with van der Waals surface area (Å²) in [6.45, 7) is 3.92. The van der Waals surface area contributed by atoms with Gasteiger partial charge in [0.2, 0.25) is 11.8 Å². The van der Waals surface area contributed by atoms with Crippen molar-refractivity contribution in [2.24, 2.45) is 29.6 Å². The highest BCUT2D eigenvalue weighted by atomic mass is 16.6. The van der Waals surface area contributed by atoms with Crippen LogP contribution in [0.2, 0.25) is 0 Å². The lowest BCUT2D eigenvalue weighted by Crippen LogP contribution is -2.55. The second-order valence-corrected chi connectivity index (χ2v) is 9.96. The number of phenols is 1. The summed E-state index contributed by atoms with van der Waals surface area (Å²) >= 11 is 0. The molecule has 2 amide bonds. The number of carbonyl (C=O) groups excluding carboxylic acids is 2. The second-order valence-electron chi connectivity index (χ2n) is 9.96. The van der Waals surface area contributed by atoms with E-state index in [0.717, 1.165) is 4.90 Å². The maximum Gasteiger partial charge on any atom is 0.488 e. The zero-order valence-corrected chi connectivity index (χ0v) is 19.0. The van der Waals surface area contributed by atoms with Gasteiger partial charge in [-0.2, -0.15) is 0 Å². The number of imide groups is 1. The van der Waals surface area contributed by atoms with Crippen molar-refractivity contribution < 1.29 is 34.6 Å². The molecule has 9 heteroatoms. The van der Waals surface area contributed by atoms with E-state index >= 15 is 0 Å². The van der Waals surface area contributed by atoms with E-state index < -0.39 is 42.7 Å². The average molecular weight is 465 g/mol. The Labute approximate surface area is 197 Å². The number of nitrogens with zero attached hydrogens (tertiary/aromatic N) is 1. The maximum absolute atomic E-state index is 13.7. The number of aliphatic hydroxyl groups is 1. The molecule has 2 saturated heterocycles. The molecule has 0 unspecified atom stereocenters. The molecule has 6 atom stereocenters. The van der Waals surface area contributed by atoms with Gasteiger partial charge < -0.3 is 25.0 Å². The summed E-state index contributed by atoms with van der Waals surface area (Å²) in [5.74, 6) is -4.73. The van der Waals surface area contributed by atoms with E-state index in [1.807, 2.05) is 13.8 Å². The molecular formula is C25H28BNO7. The van der Waals surface area contributed by atoms with Crippen LogP contribution in [0.25, 0.3) is 0 Å². The van der Waals surface area contributed by atoms with Gasteiger partial charge in [-0.15, -0.1) is 0 Å². The zero-order valence-electron chi connectivity index (χ0n) is 19.0. The van der Waals surface area contributed by atoms with Crippen LogP contribution in [0.3, 0.4) is 0 Å². The van der Waals surface area contributed by atoms with Crippen LogP contribution < -0.4 is 10.4 Å². The first-order chi connectivity index (χ1) is 16.1. The Morgan fingerprint density at radius 3 is 2.47 bits per heavy atom. The summed E-state index contributed by atoms with van der Waals surface area (Å²) in [4.78, 5) is 28.3. The van der Waals surface area contributed by atoms with Crippen molar-refractivity contribution in [1.29, 1.82) is 0 Å². The topological polar surface area (TPSA) is 128 Å². The van der Waals surface area contributed by atoms with Crippen LogP contribution in [0.15, 0.2) is 48.5 Å². The van der Waals surface area contributed by atoms with Gasteiger partial charge in [0, 0.05) is 17.4 Å². The van der Waals surface area contributed by atoms with Gasteiger partial charge in [0.05, 0.1) is 23.6 Å². The third kappa shape index (κ3) is 3.38. The zero-order chi connectivity index (χ0) is 24.4. The third-order valence-electron chi connectivity index (χ3n) is 7.79. The number of ether oxygens (including phenoxy) is 1. The molecule has 2 heterocycles. The Morgan fingerprint density at radius 1 is 1.06 bits per heavy atom. The van der Waals surface area contributed by atoms with Crippen LogP contribution in [0.1, 0.15) is 38.4 Å². The molecule has 5 rings (SSSR count). The van der Waals surface area contributed by atoms with E-state index in [2.05, 4.69) is 0 Å². The first-order valence-corrected chi connectivity index (χ1v) is 11.7. The predicted molar refractivity (Wildman–Crippen MR) is 124 cm³/mol. The first kappa shape index (κ1) is 23.0. The number of rotatable bonds is 4. The largest absolute Gasteiger partial charge is 0.508 e. The van der Waals surface area contributed by atoms with Gasteiger partial charge in [-0.3, -0.25) is 14.5 Å². The number of benzene rings is 2. The molecule has 2 aliphatic heterocycles. The van der Waals surface area contributed by atoms with Crippen LogP contribution in [-0.2, 0) is 14.3 Å². The van der Waals surface area contributed by atoms with Gasteiger partial charge in [-0.1, -0.05) is 44.2 Å². The fraction of sp³-hybridized carbons (Fsp3) is 0.440. The molecule has 0 aromatic heterocycles. The first-order valence-electron chi connectivity index (χ1n) is 11.7. The lowest BCUT2D eigenvalue weighted by Gasteiger charge is -2.46. The Morgan fingerprint density at radius 2 is 1.79 bits per heavy atom. The van der Waals surface area contributed by atoms with Gasteiger partial charge in [0.15, 0.2) is 5.79 Å². The Bertz CT molecular complexity index is 1140. The molecule has 3 fully saturated rings. The number of aromatic hydroxyl groups is 1. The van der Waals surface area contributed by atoms with Crippen molar-refractivity contribution in [3.8, 4) is 5.75 Å². The smallest absolute Gasteiger partial charge is 0.488 e. The van der Waals surface area contributed by atoms with Crippen LogP contribution in [-0.4, -0.2) is 45.0 Å². The molecule has 1 aliphatic carbocycles. The standard InChI is InChI=1S/C25H28BNO7/c1-13(2)18-11-17-22(19-12-21(34-25(18,19)31)16-8-3-4-9-20(16)28)24(30)27(23(17)29)15-7-5-6-14(10-15)26(32)33/h3-10,13,17-19,21-22,28,31-33H,11-12H2,1-2H3/t17-,18+,19-,21-,22-,25+/m0/s1. The molecule has 34 heavy (non-hydrogen) atoms. The minimum Gasteiger partial charge on any atom is -0.508 e. The number of carbonyl (C=O) groups is 2. The van der Waals surface area contributed by atoms with Crippen molar-refractivity contribution >= 4 is 30.1 Å². The minimum atomic E-state index is -1.73. The Balaban J connectivity index is 1.55. The van der Waals surface area contributed by atoms with E-state index in [4.69, 9.17) is 4.74 Å². The number of para-hydroxylation sites is 1. The molecule has 0 bridgehead atoms. The van der Waals surface area contributed by atoms with Crippen molar-refractivity contribution in [1.82, 2.24) is 0 Å². The Hall–Kier alpha value is -2.72. The van der Waals surface area contributed by atoms with Crippen LogP contribution in [0.4, 0.5) is 5.69 Å². The molecule has 1 saturated carbocycles. The van der Waals surface area contributed by atoms with Crippen LogP contribution in [0.5, 0.6) is 5.75 Å². The highest BCUT2D eigenvalue weighted by molar-refractivity contribution is 6.58. The molecule has 0 spiro atoms. The van der Waals surface area contributed by atoms with Crippen LogP contribution in [0, 0.1) is 29.6 Å². The molecule has 178 valence electrons. The summed E-state index contributed by atoms with van der Waals surface area (Å²) in [5.41, 5.74) is 0.992. The van der Waals surface area contributed by atoms with E-state index in [1.54, 1.807) is 36.4 Å². The van der Waals surface area contributed by atoms with Crippen LogP contribution >= 0.6 is 0 Å². The summed E-state index contributed by atoms with van der Waals surface area (Å²) < 4.78 is 6.22. The van der Waals surface area contributed by atoms with E-state index in [-0.39, 0.29) is 34.6 Å². The highest BCUT2D eigenvalue weighted by Crippen LogP contribution is 2.60. The summed E-state index contributed by atoms with van der Waals surface area (Å²) in [6, 6.07) is 12.8. The number of fused-ring (bicyclic) bond motifs is 3. The minimum absolute atomic E-state index is 0.0126. The van der Waals surface area contributed by atoms with Crippen molar-refractivity contribution in [3.05, 3.63) is 54.1 Å². The third-order valence-corrected chi connectivity index (χ3v) is 7.79. The van der Waals surface area contributed by atoms with Gasteiger partial charge in [0.1, 0.15) is 5.75 Å². The fourth-order valence-corrected chi connectivity index (χ4v) is 6.20. The number of amides is 2. The normalized spacial score (nSPS) is 32.8. The molecule has 0 radical (unpaired) electrons. The molecular weight excluding hydrogens is 437 g/mol. The van der Waals surface area contributed by atoms with Gasteiger partial charge in [-0.05, 0) is 42.4 Å². The highest BCUT2D eigenvalue weighted by Gasteiger charge is 2.67. The van der Waals surface area contributed by atoms with Gasteiger partial charge in [0.25, 0.3) is 0 Å². The quantitative estimate of drug-likeness (QED) is 0.396. The van der Waals surface area contributed by atoms with Crippen molar-refractivity contribution in [3.63, 3.8) is 0 Å². The lowest BCUT2D eigenvalue weighted by molar-refractivity contribution is -0.276. The van der Waals surface area contributed by atoms with Crippen molar-refractivity contribution in [2.45, 2.75) is 38.6 Å². The van der Waals surface area contributed by atoms with Gasteiger partial charge >= 0.3 is 7.12 Å². The maximum atomic E-state index is 13.7. The van der Waals surface area contributed by atoms with E-state index in [0.29, 0.717) is 18.4 Å². The fourth-order valence-electron chi connectivity index (χ4n) is 6.20. The number of hydrogen-bond acceptors (Lipinski definition) is 7. The van der Waals surface area contributed by atoms with E-state index in [1.165, 1.54) is 12.1 Å². The lowest BCUT2D eigenvalue weighted by atomic mass is 9.62. The second kappa shape index (κ2) is 8.20. The van der Waals surface area contributed by atoms with Crippen molar-refractivity contribution in [2.75, 3.05) is 4.90 Å². The summed E-state index contributed by atoms with van der Waals surface area (Å²) in [7, 11) is -1.73. The SMILES string of the molecule is CC(C)[C@H]1C[C@@H]2C(=O)N(c3cccc(B(O)O)c3)C(=O)[C@@H]2[C@@H]2C[C@@H](c3ccccc3O)O[C@]12O. The monoisotopic (exact) mass is 465 g/mol. The summed E-state index contributed by atoms with van der Waals surface area (Å²) in [5, 5.41) is 41.3. The average Bonchev–Trinajstić information content (AvgIpc) is 3.27. The molecule has 2 aromatic carbocycles. The number of phenolic OH excluding ortho intramolecular Hbond substituents is 1. The van der Waals surface area contributed by atoms with Gasteiger partial charge in [-0.25, -0.2) is 0 Å². The molecule has 8 nitrogen and oxygen atoms in total. The molecule has 4 N–H and O–H groups in total. The van der Waals surface area contributed by atoms with E-state index in [9.17, 15) is 29.9 Å². The molecule has 3 aliphatic rings. The molecule has 2 aromatic rings. The number of anilines is 1.